The first kappa shape index (κ1) is 14.6. The number of alkyl halides is 3. The van der Waals surface area contributed by atoms with Crippen molar-refractivity contribution in [2.24, 2.45) is 11.8 Å². The van der Waals surface area contributed by atoms with Gasteiger partial charge in [0.25, 0.3) is 0 Å². The third-order valence-electron chi connectivity index (χ3n) is 3.78. The van der Waals surface area contributed by atoms with E-state index >= 15 is 0 Å². The molecule has 7 heteroatoms. The number of carbonyl (C=O) groups is 1. The zero-order valence-electron chi connectivity index (χ0n) is 11.8. The molecule has 0 saturated heterocycles. The SMILES string of the molecule is CC1CC1C(=O)Nc1cc(C(F)(F)F)ccc1-n1cccn1. The summed E-state index contributed by atoms with van der Waals surface area (Å²) in [4.78, 5) is 12.0. The first-order valence-corrected chi connectivity index (χ1v) is 6.88. The fourth-order valence-electron chi connectivity index (χ4n) is 2.34. The van der Waals surface area contributed by atoms with Crippen LogP contribution >= 0.6 is 0 Å². The van der Waals surface area contributed by atoms with E-state index in [2.05, 4.69) is 10.4 Å². The fraction of sp³-hybridized carbons (Fsp3) is 0.333. The maximum Gasteiger partial charge on any atom is 0.416 e. The number of carbonyl (C=O) groups excluding carboxylic acids is 1. The van der Waals surface area contributed by atoms with Gasteiger partial charge in [-0.1, -0.05) is 6.92 Å². The Bertz CT molecular complexity index is 695. The van der Waals surface area contributed by atoms with Gasteiger partial charge in [-0.2, -0.15) is 18.3 Å². The van der Waals surface area contributed by atoms with Gasteiger partial charge in [-0.3, -0.25) is 4.79 Å². The lowest BCUT2D eigenvalue weighted by Gasteiger charge is -2.14. The highest BCUT2D eigenvalue weighted by atomic mass is 19.4. The molecule has 0 bridgehead atoms. The van der Waals surface area contributed by atoms with Gasteiger partial charge in [0.1, 0.15) is 0 Å². The second kappa shape index (κ2) is 5.15. The summed E-state index contributed by atoms with van der Waals surface area (Å²) in [7, 11) is 0. The van der Waals surface area contributed by atoms with E-state index in [4.69, 9.17) is 0 Å². The van der Waals surface area contributed by atoms with Gasteiger partial charge in [0.2, 0.25) is 5.91 Å². The molecule has 1 heterocycles. The molecule has 3 rings (SSSR count). The quantitative estimate of drug-likeness (QED) is 0.943. The van der Waals surface area contributed by atoms with E-state index in [0.29, 0.717) is 5.69 Å². The molecule has 2 aromatic rings. The van der Waals surface area contributed by atoms with Crippen LogP contribution in [-0.4, -0.2) is 15.7 Å². The Morgan fingerprint density at radius 1 is 1.41 bits per heavy atom. The summed E-state index contributed by atoms with van der Waals surface area (Å²) in [6.07, 6.45) is -0.568. The van der Waals surface area contributed by atoms with Gasteiger partial charge in [0.05, 0.1) is 16.9 Å². The number of hydrogen-bond acceptors (Lipinski definition) is 2. The predicted octanol–water partition coefficient (Wildman–Crippen LogP) is 3.49. The molecule has 0 aliphatic heterocycles. The minimum Gasteiger partial charge on any atom is -0.324 e. The van der Waals surface area contributed by atoms with E-state index in [1.54, 1.807) is 12.3 Å². The summed E-state index contributed by atoms with van der Waals surface area (Å²) in [6.45, 7) is 1.94. The van der Waals surface area contributed by atoms with Crippen molar-refractivity contribution in [3.8, 4) is 5.69 Å². The number of nitrogens with one attached hydrogen (secondary N) is 1. The molecule has 2 atom stereocenters. The summed E-state index contributed by atoms with van der Waals surface area (Å²) in [6, 6.07) is 4.89. The highest BCUT2D eigenvalue weighted by Crippen LogP contribution is 2.39. The van der Waals surface area contributed by atoms with Crippen molar-refractivity contribution in [3.63, 3.8) is 0 Å². The van der Waals surface area contributed by atoms with Gasteiger partial charge in [-0.25, -0.2) is 4.68 Å². The normalized spacial score (nSPS) is 20.7. The summed E-state index contributed by atoms with van der Waals surface area (Å²) in [5.74, 6) is -0.0980. The monoisotopic (exact) mass is 309 g/mol. The molecule has 1 aliphatic rings. The van der Waals surface area contributed by atoms with Crippen LogP contribution in [0.4, 0.5) is 18.9 Å². The van der Waals surface area contributed by atoms with E-state index in [-0.39, 0.29) is 23.4 Å². The Balaban J connectivity index is 1.97. The largest absolute Gasteiger partial charge is 0.416 e. The Labute approximate surface area is 124 Å². The lowest BCUT2D eigenvalue weighted by Crippen LogP contribution is -2.17. The minimum absolute atomic E-state index is 0.114. The van der Waals surface area contributed by atoms with Crippen molar-refractivity contribution in [1.82, 2.24) is 9.78 Å². The van der Waals surface area contributed by atoms with E-state index in [1.807, 2.05) is 6.92 Å². The summed E-state index contributed by atoms with van der Waals surface area (Å²) in [5, 5.41) is 6.61. The third-order valence-corrected chi connectivity index (χ3v) is 3.78. The first-order valence-electron chi connectivity index (χ1n) is 6.88. The van der Waals surface area contributed by atoms with Crippen LogP contribution in [0.5, 0.6) is 0 Å². The molecular formula is C15H14F3N3O. The molecule has 1 aromatic carbocycles. The highest BCUT2D eigenvalue weighted by molar-refractivity contribution is 5.96. The topological polar surface area (TPSA) is 46.9 Å². The highest BCUT2D eigenvalue weighted by Gasteiger charge is 2.39. The fourth-order valence-corrected chi connectivity index (χ4v) is 2.34. The van der Waals surface area contributed by atoms with Crippen molar-refractivity contribution >= 4 is 11.6 Å². The molecule has 1 saturated carbocycles. The molecule has 1 fully saturated rings. The molecule has 116 valence electrons. The second-order valence-corrected chi connectivity index (χ2v) is 5.49. The van der Waals surface area contributed by atoms with Crippen LogP contribution in [-0.2, 0) is 11.0 Å². The van der Waals surface area contributed by atoms with Gasteiger partial charge in [-0.05, 0) is 36.6 Å². The van der Waals surface area contributed by atoms with Crippen molar-refractivity contribution in [2.75, 3.05) is 5.32 Å². The number of halogens is 3. The van der Waals surface area contributed by atoms with Crippen LogP contribution in [0.1, 0.15) is 18.9 Å². The Morgan fingerprint density at radius 3 is 2.68 bits per heavy atom. The molecule has 1 aromatic heterocycles. The predicted molar refractivity (Wildman–Crippen MR) is 74.5 cm³/mol. The maximum atomic E-state index is 12.9. The Morgan fingerprint density at radius 2 is 2.14 bits per heavy atom. The van der Waals surface area contributed by atoms with Crippen molar-refractivity contribution in [1.29, 1.82) is 0 Å². The van der Waals surface area contributed by atoms with Crippen LogP contribution in [0.2, 0.25) is 0 Å². The van der Waals surface area contributed by atoms with Gasteiger partial charge >= 0.3 is 6.18 Å². The maximum absolute atomic E-state index is 12.9. The number of nitrogens with zero attached hydrogens (tertiary/aromatic N) is 2. The van der Waals surface area contributed by atoms with Crippen molar-refractivity contribution < 1.29 is 18.0 Å². The average molecular weight is 309 g/mol. The summed E-state index contributed by atoms with van der Waals surface area (Å²) >= 11 is 0. The lowest BCUT2D eigenvalue weighted by molar-refractivity contribution is -0.137. The molecule has 1 amide bonds. The van der Waals surface area contributed by atoms with Crippen LogP contribution in [0, 0.1) is 11.8 Å². The standard InChI is InChI=1S/C15H14F3N3O/c1-9-7-11(9)14(22)20-12-8-10(15(16,17)18)3-4-13(12)21-6-2-5-19-21/h2-6,8-9,11H,7H2,1H3,(H,20,22). The molecule has 1 N–H and O–H groups in total. The minimum atomic E-state index is -4.46. The molecule has 0 radical (unpaired) electrons. The third kappa shape index (κ3) is 2.84. The van der Waals surface area contributed by atoms with Crippen LogP contribution in [0.3, 0.4) is 0 Å². The zero-order chi connectivity index (χ0) is 15.9. The van der Waals surface area contributed by atoms with Gasteiger partial charge in [-0.15, -0.1) is 0 Å². The van der Waals surface area contributed by atoms with E-state index in [0.717, 1.165) is 18.6 Å². The zero-order valence-corrected chi connectivity index (χ0v) is 11.8. The molecule has 4 nitrogen and oxygen atoms in total. The average Bonchev–Trinajstić information content (AvgIpc) is 2.97. The van der Waals surface area contributed by atoms with Crippen LogP contribution < -0.4 is 5.32 Å². The van der Waals surface area contributed by atoms with Gasteiger partial charge < -0.3 is 5.32 Å². The van der Waals surface area contributed by atoms with Crippen molar-refractivity contribution in [2.45, 2.75) is 19.5 Å². The van der Waals surface area contributed by atoms with Gasteiger partial charge in [0.15, 0.2) is 0 Å². The number of benzene rings is 1. The number of anilines is 1. The number of aromatic nitrogens is 2. The first-order chi connectivity index (χ1) is 10.4. The van der Waals surface area contributed by atoms with E-state index < -0.39 is 11.7 Å². The number of rotatable bonds is 3. The smallest absolute Gasteiger partial charge is 0.324 e. The summed E-state index contributed by atoms with van der Waals surface area (Å²) in [5.41, 5.74) is -0.287. The van der Waals surface area contributed by atoms with E-state index in [1.165, 1.54) is 16.9 Å². The summed E-state index contributed by atoms with van der Waals surface area (Å²) < 4.78 is 40.1. The molecule has 1 aliphatic carbocycles. The van der Waals surface area contributed by atoms with Crippen LogP contribution in [0.25, 0.3) is 5.69 Å². The molecule has 2 unspecified atom stereocenters. The number of amides is 1. The van der Waals surface area contributed by atoms with Gasteiger partial charge in [0, 0.05) is 18.3 Å². The van der Waals surface area contributed by atoms with E-state index in [9.17, 15) is 18.0 Å². The van der Waals surface area contributed by atoms with Crippen LogP contribution in [0.15, 0.2) is 36.7 Å². The molecule has 0 spiro atoms. The Kier molecular flexibility index (Phi) is 3.42. The molecular weight excluding hydrogens is 295 g/mol. The Hall–Kier alpha value is -2.31. The lowest BCUT2D eigenvalue weighted by atomic mass is 10.1. The number of hydrogen-bond donors (Lipinski definition) is 1. The van der Waals surface area contributed by atoms with Crippen molar-refractivity contribution in [3.05, 3.63) is 42.2 Å². The molecule has 22 heavy (non-hydrogen) atoms. The second-order valence-electron chi connectivity index (χ2n) is 5.49.